The normalized spacial score (nSPS) is 11.9. The Morgan fingerprint density at radius 2 is 2.18 bits per heavy atom. The Morgan fingerprint density at radius 1 is 1.41 bits per heavy atom. The molecule has 0 amide bonds. The highest BCUT2D eigenvalue weighted by atomic mass is 32.2. The van der Waals surface area contributed by atoms with Gasteiger partial charge in [0.1, 0.15) is 10.0 Å². The summed E-state index contributed by atoms with van der Waals surface area (Å²) in [5.41, 5.74) is 1.04. The minimum absolute atomic E-state index is 0.334. The first kappa shape index (κ1) is 12.2. The predicted octanol–water partition coefficient (Wildman–Crippen LogP) is 3.00. The van der Waals surface area contributed by atoms with Gasteiger partial charge in [0.2, 0.25) is 0 Å². The third kappa shape index (κ3) is 2.70. The molecule has 2 rings (SSSR count). The summed E-state index contributed by atoms with van der Waals surface area (Å²) in [5, 5.41) is 1.88. The van der Waals surface area contributed by atoms with E-state index < -0.39 is 10.0 Å². The first-order chi connectivity index (χ1) is 7.99. The Kier molecular flexibility index (Phi) is 3.26. The SMILES string of the molecule is CC(C)c1csc(S(=O)(=O)Nc2ccc[nH]2)c1. The van der Waals surface area contributed by atoms with Crippen LogP contribution in [0, 0.1) is 0 Å². The van der Waals surface area contributed by atoms with Crippen molar-refractivity contribution in [3.05, 3.63) is 35.3 Å². The molecular formula is C11H14N2O2S2. The molecular weight excluding hydrogens is 256 g/mol. The topological polar surface area (TPSA) is 62.0 Å². The summed E-state index contributed by atoms with van der Waals surface area (Å²) in [5.74, 6) is 0.810. The summed E-state index contributed by atoms with van der Waals surface area (Å²) < 4.78 is 26.9. The molecule has 0 unspecified atom stereocenters. The van der Waals surface area contributed by atoms with Gasteiger partial charge in [-0.1, -0.05) is 13.8 Å². The zero-order valence-electron chi connectivity index (χ0n) is 9.60. The van der Waals surface area contributed by atoms with Gasteiger partial charge in [0.05, 0.1) is 0 Å². The van der Waals surface area contributed by atoms with Crippen molar-refractivity contribution in [3.63, 3.8) is 0 Å². The highest BCUT2D eigenvalue weighted by molar-refractivity contribution is 7.94. The number of H-pyrrole nitrogens is 1. The van der Waals surface area contributed by atoms with Gasteiger partial charge in [-0.3, -0.25) is 4.72 Å². The van der Waals surface area contributed by atoms with E-state index in [0.717, 1.165) is 5.56 Å². The van der Waals surface area contributed by atoms with E-state index in [1.165, 1.54) is 11.3 Å². The fraction of sp³-hybridized carbons (Fsp3) is 0.273. The second kappa shape index (κ2) is 4.54. The molecule has 0 atom stereocenters. The lowest BCUT2D eigenvalue weighted by Gasteiger charge is -2.03. The van der Waals surface area contributed by atoms with E-state index in [1.54, 1.807) is 24.4 Å². The first-order valence-electron chi connectivity index (χ1n) is 5.23. The van der Waals surface area contributed by atoms with Gasteiger partial charge < -0.3 is 4.98 Å². The number of nitrogens with one attached hydrogen (secondary N) is 2. The Morgan fingerprint density at radius 3 is 2.71 bits per heavy atom. The molecule has 2 N–H and O–H groups in total. The number of aromatic amines is 1. The molecule has 0 aliphatic carbocycles. The van der Waals surface area contributed by atoms with Crippen LogP contribution in [0.1, 0.15) is 25.3 Å². The van der Waals surface area contributed by atoms with Crippen LogP contribution in [0.5, 0.6) is 0 Å². The maximum atomic E-state index is 12.0. The summed E-state index contributed by atoms with van der Waals surface area (Å²) in [6.07, 6.45) is 1.67. The van der Waals surface area contributed by atoms with Crippen molar-refractivity contribution in [1.29, 1.82) is 0 Å². The fourth-order valence-corrected chi connectivity index (χ4v) is 3.74. The summed E-state index contributed by atoms with van der Waals surface area (Å²) in [6.45, 7) is 4.08. The van der Waals surface area contributed by atoms with Gasteiger partial charge in [-0.25, -0.2) is 8.42 Å². The molecule has 0 bridgehead atoms. The van der Waals surface area contributed by atoms with E-state index in [-0.39, 0.29) is 0 Å². The number of aromatic nitrogens is 1. The van der Waals surface area contributed by atoms with Crippen LogP contribution >= 0.6 is 11.3 Å². The summed E-state index contributed by atoms with van der Waals surface area (Å²) in [4.78, 5) is 2.81. The molecule has 6 heteroatoms. The van der Waals surface area contributed by atoms with Crippen LogP contribution in [0.3, 0.4) is 0 Å². The minimum atomic E-state index is -3.46. The molecule has 0 saturated carbocycles. The van der Waals surface area contributed by atoms with Crippen molar-refractivity contribution in [2.75, 3.05) is 4.72 Å². The number of anilines is 1. The molecule has 0 radical (unpaired) electrons. The number of thiophene rings is 1. The van der Waals surface area contributed by atoms with Crippen LogP contribution in [-0.4, -0.2) is 13.4 Å². The van der Waals surface area contributed by atoms with Gasteiger partial charge in [0.15, 0.2) is 0 Å². The zero-order valence-corrected chi connectivity index (χ0v) is 11.2. The molecule has 0 aliphatic heterocycles. The molecule has 0 saturated heterocycles. The van der Waals surface area contributed by atoms with Crippen molar-refractivity contribution in [2.45, 2.75) is 24.0 Å². The Bertz CT molecular complexity index is 583. The van der Waals surface area contributed by atoms with Crippen LogP contribution in [0.15, 0.2) is 34.0 Å². The molecule has 0 aromatic carbocycles. The lowest BCUT2D eigenvalue weighted by Crippen LogP contribution is -2.11. The average Bonchev–Trinajstić information content (AvgIpc) is 2.84. The molecule has 4 nitrogen and oxygen atoms in total. The number of rotatable bonds is 4. The zero-order chi connectivity index (χ0) is 12.5. The molecule has 17 heavy (non-hydrogen) atoms. The molecule has 0 fully saturated rings. The monoisotopic (exact) mass is 270 g/mol. The van der Waals surface area contributed by atoms with Crippen molar-refractivity contribution in [2.24, 2.45) is 0 Å². The standard InChI is InChI=1S/C11H14N2O2S2/c1-8(2)9-6-11(16-7-9)17(14,15)13-10-4-3-5-12-10/h3-8,12-13H,1-2H3. The van der Waals surface area contributed by atoms with E-state index in [0.29, 0.717) is 15.9 Å². The van der Waals surface area contributed by atoms with Crippen molar-refractivity contribution in [1.82, 2.24) is 4.98 Å². The average molecular weight is 270 g/mol. The van der Waals surface area contributed by atoms with Crippen molar-refractivity contribution >= 4 is 27.2 Å². The number of hydrogen-bond donors (Lipinski definition) is 2. The van der Waals surface area contributed by atoms with Gasteiger partial charge in [-0.2, -0.15) is 0 Å². The Labute approximate surface area is 105 Å². The van der Waals surface area contributed by atoms with E-state index in [4.69, 9.17) is 0 Å². The smallest absolute Gasteiger partial charge is 0.272 e. The van der Waals surface area contributed by atoms with Crippen molar-refractivity contribution < 1.29 is 8.42 Å². The largest absolute Gasteiger partial charge is 0.348 e. The Balaban J connectivity index is 2.25. The second-order valence-electron chi connectivity index (χ2n) is 4.04. The molecule has 2 heterocycles. The van der Waals surface area contributed by atoms with Crippen LogP contribution < -0.4 is 4.72 Å². The first-order valence-corrected chi connectivity index (χ1v) is 7.60. The minimum Gasteiger partial charge on any atom is -0.348 e. The van der Waals surface area contributed by atoms with E-state index >= 15 is 0 Å². The molecule has 2 aromatic heterocycles. The maximum absolute atomic E-state index is 12.0. The van der Waals surface area contributed by atoms with Gasteiger partial charge in [0, 0.05) is 6.20 Å². The number of hydrogen-bond acceptors (Lipinski definition) is 3. The predicted molar refractivity (Wildman–Crippen MR) is 70.0 cm³/mol. The lowest BCUT2D eigenvalue weighted by atomic mass is 10.1. The van der Waals surface area contributed by atoms with Gasteiger partial charge in [0.25, 0.3) is 10.0 Å². The summed E-state index contributed by atoms with van der Waals surface area (Å²) >= 11 is 1.24. The van der Waals surface area contributed by atoms with Gasteiger partial charge in [-0.05, 0) is 35.1 Å². The maximum Gasteiger partial charge on any atom is 0.272 e. The third-order valence-corrected chi connectivity index (χ3v) is 5.19. The third-order valence-electron chi connectivity index (χ3n) is 2.37. The molecule has 92 valence electrons. The van der Waals surface area contributed by atoms with Crippen LogP contribution in [-0.2, 0) is 10.0 Å². The highest BCUT2D eigenvalue weighted by Gasteiger charge is 2.17. The van der Waals surface area contributed by atoms with Crippen LogP contribution in [0.2, 0.25) is 0 Å². The number of sulfonamides is 1. The summed E-state index contributed by atoms with van der Waals surface area (Å²) in [7, 11) is -3.46. The quantitative estimate of drug-likeness (QED) is 0.897. The van der Waals surface area contributed by atoms with Crippen molar-refractivity contribution in [3.8, 4) is 0 Å². The highest BCUT2D eigenvalue weighted by Crippen LogP contribution is 2.26. The summed E-state index contributed by atoms with van der Waals surface area (Å²) in [6, 6.07) is 5.14. The Hall–Kier alpha value is -1.27. The fourth-order valence-electron chi connectivity index (χ4n) is 1.36. The lowest BCUT2D eigenvalue weighted by molar-refractivity contribution is 0.603. The van der Waals surface area contributed by atoms with Crippen LogP contribution in [0.4, 0.5) is 5.82 Å². The van der Waals surface area contributed by atoms with E-state index in [2.05, 4.69) is 9.71 Å². The van der Waals surface area contributed by atoms with Crippen LogP contribution in [0.25, 0.3) is 0 Å². The van der Waals surface area contributed by atoms with Gasteiger partial charge in [-0.15, -0.1) is 11.3 Å². The van der Waals surface area contributed by atoms with Gasteiger partial charge >= 0.3 is 0 Å². The van der Waals surface area contributed by atoms with E-state index in [1.807, 2.05) is 19.2 Å². The molecule has 0 spiro atoms. The van der Waals surface area contributed by atoms with E-state index in [9.17, 15) is 8.42 Å². The second-order valence-corrected chi connectivity index (χ2v) is 6.86. The molecule has 2 aromatic rings. The molecule has 0 aliphatic rings.